The molecule has 0 amide bonds. The van der Waals surface area contributed by atoms with Crippen molar-refractivity contribution in [2.45, 2.75) is 11.9 Å². The van der Waals surface area contributed by atoms with Crippen LogP contribution in [0.5, 0.6) is 0 Å². The van der Waals surface area contributed by atoms with Crippen molar-refractivity contribution in [2.24, 2.45) is 0 Å². The molecule has 1 aromatic heterocycles. The van der Waals surface area contributed by atoms with E-state index in [0.717, 1.165) is 0 Å². The van der Waals surface area contributed by atoms with Crippen LogP contribution in [0.15, 0.2) is 29.4 Å². The second-order valence-electron chi connectivity index (χ2n) is 3.74. The van der Waals surface area contributed by atoms with Gasteiger partial charge in [0, 0.05) is 0 Å². The summed E-state index contributed by atoms with van der Waals surface area (Å²) in [4.78, 5) is 6.44. The Morgan fingerprint density at radius 1 is 1.47 bits per heavy atom. The molecule has 98 valence electrons. The predicted octanol–water partition coefficient (Wildman–Crippen LogP) is 2.04. The fourth-order valence-corrected chi connectivity index (χ4v) is 2.67. The summed E-state index contributed by atoms with van der Waals surface area (Å²) < 4.78 is 26.4. The van der Waals surface area contributed by atoms with Gasteiger partial charge in [-0.15, -0.1) is 0 Å². The second-order valence-corrected chi connectivity index (χ2v) is 5.80. The quantitative estimate of drug-likeness (QED) is 0.905. The van der Waals surface area contributed by atoms with Crippen LogP contribution < -0.4 is 4.72 Å². The highest BCUT2D eigenvalue weighted by atomic mass is 35.5. The van der Waals surface area contributed by atoms with Crippen molar-refractivity contribution in [3.63, 3.8) is 0 Å². The summed E-state index contributed by atoms with van der Waals surface area (Å²) >= 11 is 5.89. The molecule has 0 spiro atoms. The molecule has 2 N–H and O–H groups in total. The van der Waals surface area contributed by atoms with Crippen molar-refractivity contribution in [3.8, 4) is 6.07 Å². The molecule has 0 bridgehead atoms. The van der Waals surface area contributed by atoms with Gasteiger partial charge in [-0.3, -0.25) is 4.72 Å². The van der Waals surface area contributed by atoms with Crippen LogP contribution in [0.2, 0.25) is 5.02 Å². The molecule has 2 rings (SSSR count). The largest absolute Gasteiger partial charge is 0.332 e. The zero-order chi connectivity index (χ0) is 14.0. The van der Waals surface area contributed by atoms with Crippen LogP contribution >= 0.6 is 11.6 Å². The van der Waals surface area contributed by atoms with Gasteiger partial charge in [0.05, 0.1) is 28.5 Å². The van der Waals surface area contributed by atoms with Crippen molar-refractivity contribution in [1.29, 1.82) is 5.26 Å². The van der Waals surface area contributed by atoms with Crippen molar-refractivity contribution >= 4 is 27.3 Å². The molecule has 6 nitrogen and oxygen atoms in total. The lowest BCUT2D eigenvalue weighted by molar-refractivity contribution is 0.598. The van der Waals surface area contributed by atoms with Gasteiger partial charge in [-0.25, -0.2) is 4.98 Å². The Balaban J connectivity index is 2.38. The lowest BCUT2D eigenvalue weighted by Gasteiger charge is -2.08. The maximum atomic E-state index is 12.0. The molecule has 19 heavy (non-hydrogen) atoms. The summed E-state index contributed by atoms with van der Waals surface area (Å²) in [6.45, 7) is 1.64. The van der Waals surface area contributed by atoms with E-state index < -0.39 is 10.0 Å². The minimum absolute atomic E-state index is 0.0663. The normalized spacial score (nSPS) is 11.0. The van der Waals surface area contributed by atoms with E-state index in [1.165, 1.54) is 24.4 Å². The molecule has 0 fully saturated rings. The maximum absolute atomic E-state index is 12.0. The maximum Gasteiger partial charge on any atom is 0.279 e. The minimum Gasteiger partial charge on any atom is -0.332 e. The summed E-state index contributed by atoms with van der Waals surface area (Å²) in [6.07, 6.45) is 1.21. The van der Waals surface area contributed by atoms with E-state index in [1.807, 2.05) is 6.07 Å². The number of aryl methyl sites for hydroxylation is 1. The number of aromatic nitrogens is 2. The second kappa shape index (κ2) is 4.91. The molecule has 0 aliphatic rings. The van der Waals surface area contributed by atoms with Crippen LogP contribution in [0.3, 0.4) is 0 Å². The molecule has 0 saturated carbocycles. The van der Waals surface area contributed by atoms with Gasteiger partial charge in [0.2, 0.25) is 0 Å². The number of halogens is 1. The van der Waals surface area contributed by atoms with Gasteiger partial charge < -0.3 is 4.98 Å². The van der Waals surface area contributed by atoms with Crippen LogP contribution in [0, 0.1) is 18.3 Å². The average molecular weight is 297 g/mol. The number of imidazole rings is 1. The summed E-state index contributed by atoms with van der Waals surface area (Å²) in [5.74, 6) is 0.484. The first-order valence-electron chi connectivity index (χ1n) is 5.16. The van der Waals surface area contributed by atoms with Gasteiger partial charge in [-0.2, -0.15) is 13.7 Å². The fraction of sp³-hybridized carbons (Fsp3) is 0.0909. The molecule has 0 radical (unpaired) electrons. The monoisotopic (exact) mass is 296 g/mol. The Morgan fingerprint density at radius 2 is 2.21 bits per heavy atom. The van der Waals surface area contributed by atoms with E-state index in [9.17, 15) is 8.42 Å². The van der Waals surface area contributed by atoms with Crippen molar-refractivity contribution < 1.29 is 8.42 Å². The first-order chi connectivity index (χ1) is 8.92. The number of H-pyrrole nitrogens is 1. The van der Waals surface area contributed by atoms with Gasteiger partial charge in [-0.1, -0.05) is 11.6 Å². The highest BCUT2D eigenvalue weighted by molar-refractivity contribution is 7.92. The minimum atomic E-state index is -3.80. The number of rotatable bonds is 3. The lowest BCUT2D eigenvalue weighted by Crippen LogP contribution is -2.13. The van der Waals surface area contributed by atoms with Gasteiger partial charge in [0.25, 0.3) is 10.0 Å². The number of hydrogen-bond donors (Lipinski definition) is 2. The molecular weight excluding hydrogens is 288 g/mol. The van der Waals surface area contributed by atoms with Crippen LogP contribution in [-0.4, -0.2) is 18.4 Å². The third-order valence-corrected chi connectivity index (χ3v) is 3.91. The van der Waals surface area contributed by atoms with Crippen molar-refractivity contribution in [2.75, 3.05) is 4.72 Å². The molecule has 1 aromatic carbocycles. The van der Waals surface area contributed by atoms with Crippen molar-refractivity contribution in [3.05, 3.63) is 40.8 Å². The lowest BCUT2D eigenvalue weighted by atomic mass is 10.2. The molecule has 0 unspecified atom stereocenters. The molecule has 0 aliphatic carbocycles. The van der Waals surface area contributed by atoms with E-state index in [0.29, 0.717) is 11.4 Å². The number of anilines is 1. The number of sulfonamides is 1. The highest BCUT2D eigenvalue weighted by Crippen LogP contribution is 2.25. The van der Waals surface area contributed by atoms with E-state index in [4.69, 9.17) is 16.9 Å². The number of nitriles is 1. The van der Waals surface area contributed by atoms with Gasteiger partial charge in [0.15, 0.2) is 5.03 Å². The SMILES string of the molecule is Cc1ncc(S(=O)(=O)Nc2cc(C#N)ccc2Cl)[nH]1. The van der Waals surface area contributed by atoms with Crippen LogP contribution in [0.25, 0.3) is 0 Å². The number of hydrogen-bond acceptors (Lipinski definition) is 4. The molecule has 0 aliphatic heterocycles. The standard InChI is InChI=1S/C11H9ClN4O2S/c1-7-14-6-11(15-7)19(17,18)16-10-4-8(5-13)2-3-9(10)12/h2-4,6,16H,1H3,(H,14,15). The number of aromatic amines is 1. The van der Waals surface area contributed by atoms with Gasteiger partial charge in [0.1, 0.15) is 5.82 Å². The Kier molecular flexibility index (Phi) is 3.46. The zero-order valence-corrected chi connectivity index (χ0v) is 11.4. The Labute approximate surface area is 115 Å². The molecular formula is C11H9ClN4O2S. The fourth-order valence-electron chi connectivity index (χ4n) is 1.41. The van der Waals surface area contributed by atoms with Gasteiger partial charge >= 0.3 is 0 Å². The molecule has 8 heteroatoms. The Bertz CT molecular complexity index is 761. The van der Waals surface area contributed by atoms with Crippen LogP contribution in [-0.2, 0) is 10.0 Å². The van der Waals surface area contributed by atoms with Gasteiger partial charge in [-0.05, 0) is 25.1 Å². The first-order valence-corrected chi connectivity index (χ1v) is 7.02. The smallest absolute Gasteiger partial charge is 0.279 e. The summed E-state index contributed by atoms with van der Waals surface area (Å²) in [5.41, 5.74) is 0.455. The molecule has 0 atom stereocenters. The Hall–Kier alpha value is -2.04. The highest BCUT2D eigenvalue weighted by Gasteiger charge is 2.18. The average Bonchev–Trinajstić information content (AvgIpc) is 2.79. The number of nitrogens with zero attached hydrogens (tertiary/aromatic N) is 2. The molecule has 0 saturated heterocycles. The summed E-state index contributed by atoms with van der Waals surface area (Å²) in [7, 11) is -3.80. The van der Waals surface area contributed by atoms with Crippen LogP contribution in [0.4, 0.5) is 5.69 Å². The third kappa shape index (κ3) is 2.86. The van der Waals surface area contributed by atoms with Crippen molar-refractivity contribution in [1.82, 2.24) is 9.97 Å². The third-order valence-electron chi connectivity index (χ3n) is 2.31. The topological polar surface area (TPSA) is 98.6 Å². The Morgan fingerprint density at radius 3 is 2.79 bits per heavy atom. The molecule has 2 aromatic rings. The summed E-state index contributed by atoms with van der Waals surface area (Å²) in [5, 5.41) is 8.93. The number of nitrogens with one attached hydrogen (secondary N) is 2. The zero-order valence-electron chi connectivity index (χ0n) is 9.81. The van der Waals surface area contributed by atoms with E-state index in [1.54, 1.807) is 6.92 Å². The van der Waals surface area contributed by atoms with E-state index >= 15 is 0 Å². The van der Waals surface area contributed by atoms with E-state index in [2.05, 4.69) is 14.7 Å². The predicted molar refractivity (Wildman–Crippen MR) is 70.3 cm³/mol. The first kappa shape index (κ1) is 13.4. The molecule has 1 heterocycles. The summed E-state index contributed by atoms with van der Waals surface area (Å²) in [6, 6.07) is 6.23. The van der Waals surface area contributed by atoms with Crippen LogP contribution in [0.1, 0.15) is 11.4 Å². The number of benzene rings is 1. The van der Waals surface area contributed by atoms with E-state index in [-0.39, 0.29) is 15.7 Å².